The van der Waals surface area contributed by atoms with Gasteiger partial charge in [0.05, 0.1) is 0 Å². The summed E-state index contributed by atoms with van der Waals surface area (Å²) in [6, 6.07) is 1.30. The molecule has 0 unspecified atom stereocenters. The van der Waals surface area contributed by atoms with Crippen LogP contribution in [0, 0.1) is 0 Å². The first-order valence-electron chi connectivity index (χ1n) is 5.35. The fraction of sp³-hybridized carbons (Fsp3) is 0.273. The van der Waals surface area contributed by atoms with Gasteiger partial charge in [-0.25, -0.2) is 4.79 Å². The van der Waals surface area contributed by atoms with E-state index in [0.717, 1.165) is 0 Å². The molecule has 1 atom stereocenters. The Bertz CT molecular complexity index is 550. The van der Waals surface area contributed by atoms with Crippen LogP contribution in [0.4, 0.5) is 0 Å². The molecule has 1 aromatic rings. The zero-order valence-corrected chi connectivity index (χ0v) is 9.75. The molecule has 1 rings (SSSR count). The third-order valence-electron chi connectivity index (χ3n) is 2.31. The molecule has 0 aliphatic heterocycles. The summed E-state index contributed by atoms with van der Waals surface area (Å²) in [6.07, 6.45) is 0.668. The van der Waals surface area contributed by atoms with Gasteiger partial charge in [0.2, 0.25) is 0 Å². The molecule has 1 aromatic heterocycles. The maximum atomic E-state index is 11.7. The normalized spacial score (nSPS) is 11.6. The summed E-state index contributed by atoms with van der Waals surface area (Å²) in [5, 5.41) is 19.4. The van der Waals surface area contributed by atoms with Crippen molar-refractivity contribution in [1.29, 1.82) is 0 Å². The highest BCUT2D eigenvalue weighted by atomic mass is 16.4. The zero-order valence-electron chi connectivity index (χ0n) is 9.75. The lowest BCUT2D eigenvalue weighted by Crippen LogP contribution is -2.42. The number of carbonyl (C=O) groups excluding carboxylic acids is 1. The third kappa shape index (κ3) is 4.26. The Balaban J connectivity index is 2.77. The number of hydrogen-bond donors (Lipinski definition) is 4. The van der Waals surface area contributed by atoms with E-state index < -0.39 is 35.9 Å². The molecular weight excluding hydrogens is 256 g/mol. The lowest BCUT2D eigenvalue weighted by molar-refractivity contribution is -0.140. The van der Waals surface area contributed by atoms with Crippen molar-refractivity contribution < 1.29 is 24.6 Å². The number of aromatic amines is 1. The Morgan fingerprint density at radius 2 is 2.00 bits per heavy atom. The smallest absolute Gasteiger partial charge is 0.326 e. The number of aliphatic carboxylic acids is 2. The van der Waals surface area contributed by atoms with Gasteiger partial charge in [-0.05, 0) is 18.6 Å². The van der Waals surface area contributed by atoms with E-state index in [2.05, 4.69) is 10.3 Å². The SMILES string of the molecule is O=C(O)CC[C@H](NC(=O)c1ccc[nH]c1=O)C(=O)O. The second-order valence-electron chi connectivity index (χ2n) is 3.71. The summed E-state index contributed by atoms with van der Waals surface area (Å²) in [5.41, 5.74) is -0.883. The molecular formula is C11H12N2O6. The molecule has 0 spiro atoms. The van der Waals surface area contributed by atoms with Crippen LogP contribution in [0.3, 0.4) is 0 Å². The van der Waals surface area contributed by atoms with Gasteiger partial charge in [0.15, 0.2) is 0 Å². The predicted molar refractivity (Wildman–Crippen MR) is 62.8 cm³/mol. The monoisotopic (exact) mass is 268 g/mol. The molecule has 4 N–H and O–H groups in total. The number of aromatic nitrogens is 1. The first-order chi connectivity index (χ1) is 8.91. The highest BCUT2D eigenvalue weighted by Crippen LogP contribution is 2.00. The Morgan fingerprint density at radius 3 is 2.53 bits per heavy atom. The minimum Gasteiger partial charge on any atom is -0.481 e. The van der Waals surface area contributed by atoms with Crippen molar-refractivity contribution in [2.45, 2.75) is 18.9 Å². The average Bonchev–Trinajstić information content (AvgIpc) is 2.34. The van der Waals surface area contributed by atoms with Crippen molar-refractivity contribution in [1.82, 2.24) is 10.3 Å². The summed E-state index contributed by atoms with van der Waals surface area (Å²) >= 11 is 0. The highest BCUT2D eigenvalue weighted by Gasteiger charge is 2.22. The molecule has 0 radical (unpaired) electrons. The molecule has 8 heteroatoms. The van der Waals surface area contributed by atoms with Crippen LogP contribution in [0.5, 0.6) is 0 Å². The van der Waals surface area contributed by atoms with E-state index in [1.165, 1.54) is 18.3 Å². The molecule has 1 amide bonds. The Kier molecular flexibility index (Phi) is 4.81. The molecule has 19 heavy (non-hydrogen) atoms. The summed E-state index contributed by atoms with van der Waals surface area (Å²) in [5.74, 6) is -3.39. The molecule has 0 aliphatic carbocycles. The van der Waals surface area contributed by atoms with Crippen LogP contribution in [0.2, 0.25) is 0 Å². The maximum Gasteiger partial charge on any atom is 0.326 e. The first-order valence-corrected chi connectivity index (χ1v) is 5.35. The number of H-pyrrole nitrogens is 1. The number of carboxylic acids is 2. The van der Waals surface area contributed by atoms with Crippen molar-refractivity contribution >= 4 is 17.8 Å². The van der Waals surface area contributed by atoms with Crippen LogP contribution < -0.4 is 10.9 Å². The van der Waals surface area contributed by atoms with Gasteiger partial charge in [0, 0.05) is 12.6 Å². The molecule has 0 saturated carbocycles. The summed E-state index contributed by atoms with van der Waals surface area (Å²) in [6.45, 7) is 0. The largest absolute Gasteiger partial charge is 0.481 e. The highest BCUT2D eigenvalue weighted by molar-refractivity contribution is 5.96. The van der Waals surface area contributed by atoms with Gasteiger partial charge in [0.25, 0.3) is 11.5 Å². The molecule has 0 fully saturated rings. The van der Waals surface area contributed by atoms with Crippen LogP contribution in [0.1, 0.15) is 23.2 Å². The predicted octanol–water partition coefficient (Wildman–Crippen LogP) is -0.577. The lowest BCUT2D eigenvalue weighted by atomic mass is 10.1. The second kappa shape index (κ2) is 6.34. The van der Waals surface area contributed by atoms with Gasteiger partial charge >= 0.3 is 11.9 Å². The fourth-order valence-electron chi connectivity index (χ4n) is 1.36. The van der Waals surface area contributed by atoms with Gasteiger partial charge in [-0.1, -0.05) is 0 Å². The van der Waals surface area contributed by atoms with E-state index in [4.69, 9.17) is 10.2 Å². The molecule has 0 aromatic carbocycles. The van der Waals surface area contributed by atoms with Crippen LogP contribution in [0.25, 0.3) is 0 Å². The number of hydrogen-bond acceptors (Lipinski definition) is 4. The van der Waals surface area contributed by atoms with Crippen molar-refractivity contribution in [3.63, 3.8) is 0 Å². The van der Waals surface area contributed by atoms with E-state index in [9.17, 15) is 19.2 Å². The molecule has 8 nitrogen and oxygen atoms in total. The minimum atomic E-state index is -1.36. The van der Waals surface area contributed by atoms with E-state index in [-0.39, 0.29) is 12.0 Å². The summed E-state index contributed by atoms with van der Waals surface area (Å²) < 4.78 is 0. The Hall–Kier alpha value is -2.64. The Labute approximate surface area is 107 Å². The number of amides is 1. The molecule has 1 heterocycles. The van der Waals surface area contributed by atoms with Crippen molar-refractivity contribution in [3.05, 3.63) is 34.2 Å². The van der Waals surface area contributed by atoms with Gasteiger partial charge in [-0.3, -0.25) is 14.4 Å². The zero-order chi connectivity index (χ0) is 14.4. The van der Waals surface area contributed by atoms with Gasteiger partial charge < -0.3 is 20.5 Å². The number of nitrogens with one attached hydrogen (secondary N) is 2. The maximum absolute atomic E-state index is 11.7. The average molecular weight is 268 g/mol. The Morgan fingerprint density at radius 1 is 1.32 bits per heavy atom. The number of carboxylic acid groups (broad SMARTS) is 2. The molecule has 0 aliphatic rings. The van der Waals surface area contributed by atoms with Gasteiger partial charge in [0.1, 0.15) is 11.6 Å². The van der Waals surface area contributed by atoms with Crippen molar-refractivity contribution in [3.8, 4) is 0 Å². The van der Waals surface area contributed by atoms with Crippen LogP contribution in [-0.4, -0.2) is 39.1 Å². The minimum absolute atomic E-state index is 0.232. The van der Waals surface area contributed by atoms with Crippen LogP contribution >= 0.6 is 0 Å². The summed E-state index contributed by atoms with van der Waals surface area (Å²) in [4.78, 5) is 46.5. The lowest BCUT2D eigenvalue weighted by Gasteiger charge is -2.12. The first kappa shape index (κ1) is 14.4. The van der Waals surface area contributed by atoms with E-state index >= 15 is 0 Å². The van der Waals surface area contributed by atoms with Crippen molar-refractivity contribution in [2.75, 3.05) is 0 Å². The van der Waals surface area contributed by atoms with E-state index in [1.807, 2.05) is 0 Å². The van der Waals surface area contributed by atoms with Crippen LogP contribution in [0.15, 0.2) is 23.1 Å². The molecule has 0 saturated heterocycles. The number of carbonyl (C=O) groups is 3. The van der Waals surface area contributed by atoms with E-state index in [0.29, 0.717) is 0 Å². The molecule has 0 bridgehead atoms. The number of pyridine rings is 1. The van der Waals surface area contributed by atoms with Gasteiger partial charge in [-0.2, -0.15) is 0 Å². The van der Waals surface area contributed by atoms with Gasteiger partial charge in [-0.15, -0.1) is 0 Å². The number of rotatable bonds is 6. The second-order valence-corrected chi connectivity index (χ2v) is 3.71. The standard InChI is InChI=1S/C11H12N2O6/c14-8(15)4-3-7(11(18)19)13-10(17)6-2-1-5-12-9(6)16/h1-2,5,7H,3-4H2,(H,12,16)(H,13,17)(H,14,15)(H,18,19)/t7-/m0/s1. The van der Waals surface area contributed by atoms with Crippen molar-refractivity contribution in [2.24, 2.45) is 0 Å². The summed E-state index contributed by atoms with van der Waals surface area (Å²) in [7, 11) is 0. The van der Waals surface area contributed by atoms with E-state index in [1.54, 1.807) is 0 Å². The molecule has 102 valence electrons. The fourth-order valence-corrected chi connectivity index (χ4v) is 1.36. The third-order valence-corrected chi connectivity index (χ3v) is 2.31. The topological polar surface area (TPSA) is 137 Å². The van der Waals surface area contributed by atoms with Crippen LogP contribution in [-0.2, 0) is 9.59 Å². The quantitative estimate of drug-likeness (QED) is 0.545.